The van der Waals surface area contributed by atoms with Crippen LogP contribution in [0.25, 0.3) is 5.69 Å². The number of methoxy groups -OCH3 is 1. The number of para-hydroxylation sites is 2. The lowest BCUT2D eigenvalue weighted by Gasteiger charge is -2.12. The van der Waals surface area contributed by atoms with Crippen LogP contribution in [-0.4, -0.2) is 28.3 Å². The van der Waals surface area contributed by atoms with E-state index in [0.717, 1.165) is 16.3 Å². The summed E-state index contributed by atoms with van der Waals surface area (Å²) in [5.74, 6) is 1.37. The molecule has 0 aliphatic rings. The fourth-order valence-electron chi connectivity index (χ4n) is 2.68. The Hall–Kier alpha value is -2.93. The van der Waals surface area contributed by atoms with Gasteiger partial charge in [-0.3, -0.25) is 9.36 Å². The van der Waals surface area contributed by atoms with Gasteiger partial charge in [0.1, 0.15) is 5.75 Å². The first kappa shape index (κ1) is 18.8. The van der Waals surface area contributed by atoms with E-state index in [1.54, 1.807) is 35.7 Å². The van der Waals surface area contributed by atoms with Gasteiger partial charge in [0.15, 0.2) is 0 Å². The second-order valence-corrected chi connectivity index (χ2v) is 7.08. The number of carbonyl (C=O) groups excluding carboxylic acids is 1. The summed E-state index contributed by atoms with van der Waals surface area (Å²) in [5.41, 5.74) is 1.81. The largest absolute Gasteiger partial charge is 0.497 e. The lowest BCUT2D eigenvalue weighted by atomic mass is 10.2. The van der Waals surface area contributed by atoms with Crippen molar-refractivity contribution in [2.75, 3.05) is 18.2 Å². The number of rotatable bonds is 7. The summed E-state index contributed by atoms with van der Waals surface area (Å²) >= 11 is 1.61. The SMILES string of the molecule is COc1ccc(SCCC(=O)Nc2ccccc2-n2c(C)c[nH]c2=O)cc1. The van der Waals surface area contributed by atoms with Crippen molar-refractivity contribution in [2.24, 2.45) is 0 Å². The highest BCUT2D eigenvalue weighted by Crippen LogP contribution is 2.23. The average molecular weight is 383 g/mol. The summed E-state index contributed by atoms with van der Waals surface area (Å²) in [6, 6.07) is 15.0. The number of aromatic amines is 1. The topological polar surface area (TPSA) is 76.1 Å². The van der Waals surface area contributed by atoms with Crippen LogP contribution in [0.2, 0.25) is 0 Å². The molecule has 3 aromatic rings. The van der Waals surface area contributed by atoms with Crippen LogP contribution in [0.3, 0.4) is 0 Å². The second kappa shape index (κ2) is 8.64. The van der Waals surface area contributed by atoms with E-state index < -0.39 is 0 Å². The van der Waals surface area contributed by atoms with Gasteiger partial charge in [-0.15, -0.1) is 11.8 Å². The molecule has 0 saturated carbocycles. The molecule has 0 spiro atoms. The zero-order chi connectivity index (χ0) is 19.2. The number of carbonyl (C=O) groups is 1. The van der Waals surface area contributed by atoms with Crippen LogP contribution in [0.5, 0.6) is 5.75 Å². The number of nitrogens with zero attached hydrogens (tertiary/aromatic N) is 1. The fraction of sp³-hybridized carbons (Fsp3) is 0.200. The van der Waals surface area contributed by atoms with E-state index in [-0.39, 0.29) is 11.6 Å². The van der Waals surface area contributed by atoms with Crippen LogP contribution in [0.4, 0.5) is 5.69 Å². The molecule has 7 heteroatoms. The molecule has 0 saturated heterocycles. The lowest BCUT2D eigenvalue weighted by molar-refractivity contribution is -0.115. The Balaban J connectivity index is 1.62. The molecule has 1 aromatic heterocycles. The van der Waals surface area contributed by atoms with Crippen LogP contribution in [-0.2, 0) is 4.79 Å². The van der Waals surface area contributed by atoms with Gasteiger partial charge in [-0.2, -0.15) is 0 Å². The summed E-state index contributed by atoms with van der Waals surface area (Å²) in [6.07, 6.45) is 2.01. The van der Waals surface area contributed by atoms with Crippen LogP contribution in [0.1, 0.15) is 12.1 Å². The Morgan fingerprint density at radius 3 is 2.59 bits per heavy atom. The van der Waals surface area contributed by atoms with Crippen LogP contribution < -0.4 is 15.7 Å². The van der Waals surface area contributed by atoms with Crippen molar-refractivity contribution in [3.8, 4) is 11.4 Å². The summed E-state index contributed by atoms with van der Waals surface area (Å²) < 4.78 is 6.68. The van der Waals surface area contributed by atoms with Gasteiger partial charge < -0.3 is 15.0 Å². The van der Waals surface area contributed by atoms with Crippen molar-refractivity contribution in [1.82, 2.24) is 9.55 Å². The lowest BCUT2D eigenvalue weighted by Crippen LogP contribution is -2.19. The fourth-order valence-corrected chi connectivity index (χ4v) is 3.53. The highest BCUT2D eigenvalue weighted by atomic mass is 32.2. The van der Waals surface area contributed by atoms with Gasteiger partial charge in [0.25, 0.3) is 0 Å². The van der Waals surface area contributed by atoms with Gasteiger partial charge in [-0.25, -0.2) is 4.79 Å². The van der Waals surface area contributed by atoms with Crippen molar-refractivity contribution in [2.45, 2.75) is 18.2 Å². The molecular weight excluding hydrogens is 362 g/mol. The third-order valence-corrected chi connectivity index (χ3v) is 5.05. The van der Waals surface area contributed by atoms with Crippen LogP contribution >= 0.6 is 11.8 Å². The Labute approximate surface area is 161 Å². The summed E-state index contributed by atoms with van der Waals surface area (Å²) in [6.45, 7) is 1.84. The monoisotopic (exact) mass is 383 g/mol. The standard InChI is InChI=1S/C20H21N3O3S/c1-14-13-21-20(25)23(14)18-6-4-3-5-17(18)22-19(24)11-12-27-16-9-7-15(26-2)8-10-16/h3-10,13H,11-12H2,1-2H3,(H,21,25)(H,22,24). The molecule has 140 valence electrons. The van der Waals surface area contributed by atoms with Gasteiger partial charge in [-0.1, -0.05) is 12.1 Å². The number of imidazole rings is 1. The maximum atomic E-state index is 12.4. The summed E-state index contributed by atoms with van der Waals surface area (Å²) in [4.78, 5) is 28.1. The molecule has 0 radical (unpaired) electrons. The van der Waals surface area contributed by atoms with E-state index in [0.29, 0.717) is 23.5 Å². The Morgan fingerprint density at radius 1 is 1.19 bits per heavy atom. The van der Waals surface area contributed by atoms with Crippen molar-refractivity contribution in [3.63, 3.8) is 0 Å². The number of thioether (sulfide) groups is 1. The van der Waals surface area contributed by atoms with E-state index in [1.165, 1.54) is 0 Å². The van der Waals surface area contributed by atoms with Crippen molar-refractivity contribution < 1.29 is 9.53 Å². The minimum absolute atomic E-state index is 0.0929. The third-order valence-electron chi connectivity index (χ3n) is 4.04. The van der Waals surface area contributed by atoms with Gasteiger partial charge in [0, 0.05) is 29.0 Å². The normalized spacial score (nSPS) is 10.6. The molecule has 0 aliphatic heterocycles. The molecule has 0 atom stereocenters. The molecule has 0 aliphatic carbocycles. The van der Waals surface area contributed by atoms with Crippen LogP contribution in [0.15, 0.2) is 64.4 Å². The zero-order valence-corrected chi connectivity index (χ0v) is 16.0. The number of nitrogens with one attached hydrogen (secondary N) is 2. The first-order valence-electron chi connectivity index (χ1n) is 8.51. The number of hydrogen-bond acceptors (Lipinski definition) is 4. The van der Waals surface area contributed by atoms with E-state index in [9.17, 15) is 9.59 Å². The number of H-pyrrole nitrogens is 1. The summed E-state index contributed by atoms with van der Waals surface area (Å²) in [7, 11) is 1.63. The molecule has 6 nitrogen and oxygen atoms in total. The second-order valence-electron chi connectivity index (χ2n) is 5.91. The molecule has 0 bridgehead atoms. The van der Waals surface area contributed by atoms with Crippen molar-refractivity contribution in [3.05, 3.63) is 70.9 Å². The molecule has 0 unspecified atom stereocenters. The van der Waals surface area contributed by atoms with E-state index in [4.69, 9.17) is 4.74 Å². The van der Waals surface area contributed by atoms with Crippen LogP contribution in [0, 0.1) is 6.92 Å². The zero-order valence-electron chi connectivity index (χ0n) is 15.2. The van der Waals surface area contributed by atoms with Gasteiger partial charge in [0.2, 0.25) is 5.91 Å². The average Bonchev–Trinajstić information content (AvgIpc) is 3.01. The molecule has 1 heterocycles. The minimum Gasteiger partial charge on any atom is -0.497 e. The molecule has 0 fully saturated rings. The molecule has 3 rings (SSSR count). The van der Waals surface area contributed by atoms with Gasteiger partial charge >= 0.3 is 5.69 Å². The minimum atomic E-state index is -0.232. The first-order valence-corrected chi connectivity index (χ1v) is 9.50. The molecule has 1 amide bonds. The number of amides is 1. The highest BCUT2D eigenvalue weighted by molar-refractivity contribution is 7.99. The molecular formula is C20H21N3O3S. The van der Waals surface area contributed by atoms with Gasteiger partial charge in [0.05, 0.1) is 18.5 Å². The maximum absolute atomic E-state index is 12.4. The first-order chi connectivity index (χ1) is 13.1. The Morgan fingerprint density at radius 2 is 1.93 bits per heavy atom. The Kier molecular flexibility index (Phi) is 6.03. The highest BCUT2D eigenvalue weighted by Gasteiger charge is 2.12. The molecule has 2 N–H and O–H groups in total. The number of ether oxygens (including phenoxy) is 1. The summed E-state index contributed by atoms with van der Waals surface area (Å²) in [5, 5.41) is 2.91. The third kappa shape index (κ3) is 4.62. The van der Waals surface area contributed by atoms with Crippen molar-refractivity contribution in [1.29, 1.82) is 0 Å². The molecule has 27 heavy (non-hydrogen) atoms. The molecule has 2 aromatic carbocycles. The number of benzene rings is 2. The number of hydrogen-bond donors (Lipinski definition) is 2. The van der Waals surface area contributed by atoms with E-state index >= 15 is 0 Å². The number of aryl methyl sites for hydroxylation is 1. The number of anilines is 1. The smallest absolute Gasteiger partial charge is 0.330 e. The predicted octanol–water partition coefficient (Wildman–Crippen LogP) is 3.60. The van der Waals surface area contributed by atoms with Crippen molar-refractivity contribution >= 4 is 23.4 Å². The number of aromatic nitrogens is 2. The predicted molar refractivity (Wildman–Crippen MR) is 108 cm³/mol. The Bertz CT molecular complexity index is 977. The quantitative estimate of drug-likeness (QED) is 0.611. The van der Waals surface area contributed by atoms with E-state index in [2.05, 4.69) is 10.3 Å². The van der Waals surface area contributed by atoms with E-state index in [1.807, 2.05) is 49.4 Å². The van der Waals surface area contributed by atoms with Gasteiger partial charge in [-0.05, 0) is 43.3 Å². The maximum Gasteiger partial charge on any atom is 0.330 e.